The second-order valence-corrected chi connectivity index (χ2v) is 12.5. The Labute approximate surface area is 212 Å². The molecular weight excluding hydrogens is 472 g/mol. The fourth-order valence-electron chi connectivity index (χ4n) is 5.88. The van der Waals surface area contributed by atoms with Crippen molar-refractivity contribution in [2.75, 3.05) is 5.75 Å². The van der Waals surface area contributed by atoms with Gasteiger partial charge in [-0.25, -0.2) is 23.1 Å². The molecule has 1 fully saturated rings. The van der Waals surface area contributed by atoms with Crippen LogP contribution in [0.4, 0.5) is 0 Å². The fraction of sp³-hybridized carbons (Fsp3) is 0.519. The maximum atomic E-state index is 11.2. The highest BCUT2D eigenvalue weighted by atomic mass is 32.2. The molecule has 192 valence electrons. The van der Waals surface area contributed by atoms with Crippen LogP contribution in [0.25, 0.3) is 27.9 Å². The number of nitrogens with one attached hydrogen (secondary N) is 1. The Kier molecular flexibility index (Phi) is 6.63. The number of sulfonamides is 1. The van der Waals surface area contributed by atoms with Crippen LogP contribution >= 0.6 is 0 Å². The minimum Gasteiger partial charge on any atom is -0.353 e. The van der Waals surface area contributed by atoms with Crippen molar-refractivity contribution >= 4 is 26.7 Å². The number of aromatic amines is 1. The van der Waals surface area contributed by atoms with Gasteiger partial charge in [0, 0.05) is 28.9 Å². The van der Waals surface area contributed by atoms with Crippen molar-refractivity contribution in [2.45, 2.75) is 78.1 Å². The van der Waals surface area contributed by atoms with Crippen LogP contribution in [0.5, 0.6) is 0 Å². The molecule has 0 amide bonds. The van der Waals surface area contributed by atoms with Crippen molar-refractivity contribution in [3.05, 3.63) is 47.0 Å². The van der Waals surface area contributed by atoms with E-state index in [-0.39, 0.29) is 5.75 Å². The maximum absolute atomic E-state index is 11.2. The van der Waals surface area contributed by atoms with Crippen molar-refractivity contribution in [2.24, 2.45) is 11.1 Å². The third kappa shape index (κ3) is 4.78. The van der Waals surface area contributed by atoms with Gasteiger partial charge in [0.2, 0.25) is 10.0 Å². The molecule has 0 atom stereocenters. The SMILES string of the molecule is Cc1c(-c2[nH]c3ccc(C4CCC(CCCS(N)(=O)=O)CC4)nc3c2C(C)C)cn2ncnc2c1C. The van der Waals surface area contributed by atoms with Crippen LogP contribution < -0.4 is 5.14 Å². The molecule has 4 heterocycles. The van der Waals surface area contributed by atoms with Crippen molar-refractivity contribution < 1.29 is 8.42 Å². The van der Waals surface area contributed by atoms with Crippen LogP contribution in [0.3, 0.4) is 0 Å². The maximum Gasteiger partial charge on any atom is 0.209 e. The third-order valence-electron chi connectivity index (χ3n) is 7.98. The zero-order valence-corrected chi connectivity index (χ0v) is 22.4. The monoisotopic (exact) mass is 508 g/mol. The normalized spacial score (nSPS) is 19.1. The summed E-state index contributed by atoms with van der Waals surface area (Å²) in [4.78, 5) is 13.3. The van der Waals surface area contributed by atoms with Gasteiger partial charge in [-0.2, -0.15) is 5.10 Å². The van der Waals surface area contributed by atoms with E-state index >= 15 is 0 Å². The lowest BCUT2D eigenvalue weighted by Gasteiger charge is -2.28. The first kappa shape index (κ1) is 24.9. The molecule has 0 unspecified atom stereocenters. The smallest absolute Gasteiger partial charge is 0.209 e. The van der Waals surface area contributed by atoms with E-state index in [0.29, 0.717) is 24.2 Å². The topological polar surface area (TPSA) is 119 Å². The average molecular weight is 509 g/mol. The molecule has 0 radical (unpaired) electrons. The number of rotatable bonds is 7. The summed E-state index contributed by atoms with van der Waals surface area (Å²) < 4.78 is 24.3. The molecule has 9 heteroatoms. The summed E-state index contributed by atoms with van der Waals surface area (Å²) in [7, 11) is -3.36. The first-order valence-corrected chi connectivity index (χ1v) is 14.7. The van der Waals surface area contributed by atoms with Crippen molar-refractivity contribution in [3.63, 3.8) is 0 Å². The third-order valence-corrected chi connectivity index (χ3v) is 8.84. The summed E-state index contributed by atoms with van der Waals surface area (Å²) in [6.45, 7) is 8.70. The highest BCUT2D eigenvalue weighted by Crippen LogP contribution is 2.40. The minimum absolute atomic E-state index is 0.0851. The van der Waals surface area contributed by atoms with Gasteiger partial charge in [0.1, 0.15) is 6.33 Å². The van der Waals surface area contributed by atoms with Gasteiger partial charge < -0.3 is 4.98 Å². The van der Waals surface area contributed by atoms with E-state index < -0.39 is 10.0 Å². The Bertz CT molecular complexity index is 1510. The van der Waals surface area contributed by atoms with Gasteiger partial charge in [-0.05, 0) is 87.5 Å². The van der Waals surface area contributed by atoms with Crippen LogP contribution in [-0.2, 0) is 10.0 Å². The molecule has 0 bridgehead atoms. The summed E-state index contributed by atoms with van der Waals surface area (Å²) in [5.41, 5.74) is 9.99. The average Bonchev–Trinajstić information content (AvgIpc) is 3.45. The Morgan fingerprint density at radius 2 is 1.89 bits per heavy atom. The van der Waals surface area contributed by atoms with Crippen LogP contribution in [0.15, 0.2) is 24.7 Å². The van der Waals surface area contributed by atoms with Crippen LogP contribution in [0, 0.1) is 19.8 Å². The number of H-pyrrole nitrogens is 1. The largest absolute Gasteiger partial charge is 0.353 e. The van der Waals surface area contributed by atoms with E-state index in [1.54, 1.807) is 6.33 Å². The van der Waals surface area contributed by atoms with E-state index in [9.17, 15) is 8.42 Å². The molecule has 1 aliphatic carbocycles. The summed E-state index contributed by atoms with van der Waals surface area (Å²) in [5, 5.41) is 9.54. The highest BCUT2D eigenvalue weighted by molar-refractivity contribution is 7.89. The van der Waals surface area contributed by atoms with Gasteiger partial charge in [-0.15, -0.1) is 0 Å². The molecule has 5 rings (SSSR count). The summed E-state index contributed by atoms with van der Waals surface area (Å²) in [6, 6.07) is 4.36. The Morgan fingerprint density at radius 1 is 1.14 bits per heavy atom. The highest BCUT2D eigenvalue weighted by Gasteiger charge is 2.26. The fourth-order valence-corrected chi connectivity index (χ4v) is 6.45. The molecule has 0 aliphatic heterocycles. The van der Waals surface area contributed by atoms with Crippen LogP contribution in [0.1, 0.15) is 86.6 Å². The molecule has 8 nitrogen and oxygen atoms in total. The number of aryl methyl sites for hydroxylation is 1. The van der Waals surface area contributed by atoms with Crippen molar-refractivity contribution in [1.29, 1.82) is 0 Å². The number of nitrogens with zero attached hydrogens (tertiary/aromatic N) is 4. The number of hydrogen-bond donors (Lipinski definition) is 2. The second kappa shape index (κ2) is 9.59. The molecule has 1 saturated carbocycles. The van der Waals surface area contributed by atoms with Gasteiger partial charge in [-0.1, -0.05) is 13.8 Å². The van der Waals surface area contributed by atoms with E-state index in [1.165, 1.54) is 11.1 Å². The number of nitrogens with two attached hydrogens (primary N) is 1. The zero-order valence-electron chi connectivity index (χ0n) is 21.6. The Morgan fingerprint density at radius 3 is 2.58 bits per heavy atom. The molecule has 0 spiro atoms. The first-order chi connectivity index (χ1) is 17.1. The molecular formula is C27H36N6O2S. The number of pyridine rings is 2. The van der Waals surface area contributed by atoms with E-state index in [2.05, 4.69) is 61.1 Å². The van der Waals surface area contributed by atoms with Gasteiger partial charge in [-0.3, -0.25) is 4.98 Å². The van der Waals surface area contributed by atoms with Crippen LogP contribution in [0.2, 0.25) is 0 Å². The molecule has 1 aliphatic rings. The number of primary sulfonamides is 1. The molecule has 0 saturated heterocycles. The van der Waals surface area contributed by atoms with Gasteiger partial charge in [0.05, 0.1) is 22.5 Å². The lowest BCUT2D eigenvalue weighted by molar-refractivity contribution is 0.306. The minimum atomic E-state index is -3.36. The summed E-state index contributed by atoms with van der Waals surface area (Å²) >= 11 is 0. The van der Waals surface area contributed by atoms with E-state index in [0.717, 1.165) is 71.3 Å². The zero-order chi connectivity index (χ0) is 25.6. The quantitative estimate of drug-likeness (QED) is 0.348. The van der Waals surface area contributed by atoms with Crippen LogP contribution in [-0.4, -0.2) is 38.7 Å². The lowest BCUT2D eigenvalue weighted by Crippen LogP contribution is -2.19. The lowest BCUT2D eigenvalue weighted by atomic mass is 9.78. The number of aromatic nitrogens is 5. The summed E-state index contributed by atoms with van der Waals surface area (Å²) in [6.07, 6.45) is 9.66. The number of hydrogen-bond acceptors (Lipinski definition) is 5. The van der Waals surface area contributed by atoms with Crippen molar-refractivity contribution in [1.82, 2.24) is 24.6 Å². The van der Waals surface area contributed by atoms with E-state index in [1.807, 2.05) is 4.52 Å². The summed E-state index contributed by atoms with van der Waals surface area (Å²) in [5.74, 6) is 1.41. The molecule has 0 aromatic carbocycles. The molecule has 4 aromatic heterocycles. The Balaban J connectivity index is 1.43. The standard InChI is InChI=1S/C27H36N6O2S/c1-16(2)24-25(21-14-33-27(29-15-30-33)18(4)17(21)3)32-23-12-11-22(31-26(23)24)20-9-7-19(8-10-20)6-5-13-36(28,34)35/h11-12,14-16,19-20,32H,5-10,13H2,1-4H3,(H2,28,34,35). The Hall–Kier alpha value is -2.78. The molecule has 36 heavy (non-hydrogen) atoms. The molecule has 3 N–H and O–H groups in total. The van der Waals surface area contributed by atoms with Crippen molar-refractivity contribution in [3.8, 4) is 11.3 Å². The number of fused-ring (bicyclic) bond motifs is 2. The first-order valence-electron chi connectivity index (χ1n) is 12.9. The second-order valence-electron chi connectivity index (χ2n) is 10.7. The predicted octanol–water partition coefficient (Wildman–Crippen LogP) is 5.36. The van der Waals surface area contributed by atoms with E-state index in [4.69, 9.17) is 10.1 Å². The van der Waals surface area contributed by atoms with Gasteiger partial charge in [0.15, 0.2) is 5.65 Å². The predicted molar refractivity (Wildman–Crippen MR) is 144 cm³/mol. The molecule has 4 aromatic rings. The van der Waals surface area contributed by atoms with Gasteiger partial charge >= 0.3 is 0 Å². The van der Waals surface area contributed by atoms with Gasteiger partial charge in [0.25, 0.3) is 0 Å².